The van der Waals surface area contributed by atoms with Crippen LogP contribution in [-0.4, -0.2) is 32.4 Å². The van der Waals surface area contributed by atoms with E-state index in [2.05, 4.69) is 37.3 Å². The summed E-state index contributed by atoms with van der Waals surface area (Å²) in [6.45, 7) is 5.56. The molecular formula is C9H14BrN3S. The maximum Gasteiger partial charge on any atom is 0.0895 e. The average molecular weight is 276 g/mol. The van der Waals surface area contributed by atoms with Crippen LogP contribution in [0.25, 0.3) is 0 Å². The van der Waals surface area contributed by atoms with Crippen LogP contribution in [-0.2, 0) is 6.54 Å². The molecule has 2 heterocycles. The Hall–Kier alpha value is 0. The Kier molecular flexibility index (Phi) is 3.52. The van der Waals surface area contributed by atoms with Gasteiger partial charge in [0.2, 0.25) is 0 Å². The van der Waals surface area contributed by atoms with E-state index in [9.17, 15) is 0 Å². The van der Waals surface area contributed by atoms with Crippen LogP contribution in [0.2, 0.25) is 0 Å². The molecule has 0 aromatic carbocycles. The Labute approximate surface area is 96.8 Å². The van der Waals surface area contributed by atoms with Gasteiger partial charge in [-0.1, -0.05) is 27.3 Å². The smallest absolute Gasteiger partial charge is 0.0895 e. The lowest BCUT2D eigenvalue weighted by atomic mass is 10.0. The molecule has 0 saturated carbocycles. The second kappa shape index (κ2) is 4.68. The largest absolute Gasteiger partial charge is 0.296 e. The number of halogens is 1. The second-order valence-electron chi connectivity index (χ2n) is 4.03. The van der Waals surface area contributed by atoms with Gasteiger partial charge in [-0.2, -0.15) is 0 Å². The molecule has 78 valence electrons. The lowest BCUT2D eigenvalue weighted by Crippen LogP contribution is -2.39. The van der Waals surface area contributed by atoms with Gasteiger partial charge >= 0.3 is 0 Å². The first-order chi connectivity index (χ1) is 6.74. The molecule has 0 spiro atoms. The van der Waals surface area contributed by atoms with Crippen LogP contribution in [0.3, 0.4) is 0 Å². The molecule has 14 heavy (non-hydrogen) atoms. The predicted octanol–water partition coefficient (Wildman–Crippen LogP) is 2.14. The monoisotopic (exact) mass is 275 g/mol. The van der Waals surface area contributed by atoms with E-state index in [1.165, 1.54) is 24.5 Å². The lowest BCUT2D eigenvalue weighted by molar-refractivity contribution is 0.181. The summed E-state index contributed by atoms with van der Waals surface area (Å²) in [6, 6.07) is 0. The first-order valence-electron chi connectivity index (χ1n) is 4.86. The molecule has 0 radical (unpaired) electrons. The number of rotatable bonds is 2. The van der Waals surface area contributed by atoms with Gasteiger partial charge < -0.3 is 0 Å². The summed E-state index contributed by atoms with van der Waals surface area (Å²) in [6.07, 6.45) is 1.28. The van der Waals surface area contributed by atoms with Crippen LogP contribution in [0.15, 0.2) is 5.38 Å². The Morgan fingerprint density at radius 2 is 2.50 bits per heavy atom. The van der Waals surface area contributed by atoms with E-state index in [1.54, 1.807) is 0 Å². The minimum atomic E-state index is 0.637. The molecule has 1 aliphatic rings. The molecule has 2 atom stereocenters. The number of alkyl halides is 1. The number of likely N-dealkylation sites (tertiary alicyclic amines) is 1. The molecule has 1 aliphatic heterocycles. The van der Waals surface area contributed by atoms with E-state index in [0.29, 0.717) is 4.83 Å². The quantitative estimate of drug-likeness (QED) is 0.775. The molecule has 1 saturated heterocycles. The molecule has 0 aliphatic carbocycles. The molecule has 0 N–H and O–H groups in total. The summed E-state index contributed by atoms with van der Waals surface area (Å²) in [4.78, 5) is 3.09. The average Bonchev–Trinajstić information content (AvgIpc) is 2.54. The predicted molar refractivity (Wildman–Crippen MR) is 61.7 cm³/mol. The van der Waals surface area contributed by atoms with Crippen molar-refractivity contribution in [2.45, 2.75) is 24.7 Å². The van der Waals surface area contributed by atoms with E-state index >= 15 is 0 Å². The van der Waals surface area contributed by atoms with Crippen LogP contribution in [0.4, 0.5) is 0 Å². The highest BCUT2D eigenvalue weighted by molar-refractivity contribution is 9.09. The second-order valence-corrected chi connectivity index (χ2v) is 5.93. The number of hydrogen-bond donors (Lipinski definition) is 0. The molecule has 2 rings (SSSR count). The number of aromatic nitrogens is 2. The van der Waals surface area contributed by atoms with Crippen molar-refractivity contribution >= 4 is 27.5 Å². The van der Waals surface area contributed by atoms with Crippen molar-refractivity contribution in [2.75, 3.05) is 13.1 Å². The zero-order valence-corrected chi connectivity index (χ0v) is 10.6. The number of nitrogens with zero attached hydrogens (tertiary/aromatic N) is 3. The molecule has 0 bridgehead atoms. The molecule has 5 heteroatoms. The Morgan fingerprint density at radius 3 is 3.14 bits per heavy atom. The van der Waals surface area contributed by atoms with Crippen molar-refractivity contribution in [3.05, 3.63) is 11.1 Å². The maximum absolute atomic E-state index is 4.07. The third kappa shape index (κ3) is 2.74. The van der Waals surface area contributed by atoms with Gasteiger partial charge in [-0.15, -0.1) is 5.10 Å². The van der Waals surface area contributed by atoms with Gasteiger partial charge in [0, 0.05) is 29.8 Å². The van der Waals surface area contributed by atoms with Gasteiger partial charge in [0.05, 0.1) is 5.69 Å². The third-order valence-corrected chi connectivity index (χ3v) is 3.69. The molecule has 2 unspecified atom stereocenters. The molecule has 3 nitrogen and oxygen atoms in total. The van der Waals surface area contributed by atoms with Crippen molar-refractivity contribution in [3.8, 4) is 0 Å². The summed E-state index contributed by atoms with van der Waals surface area (Å²) in [5.41, 5.74) is 1.10. The van der Waals surface area contributed by atoms with E-state index in [-0.39, 0.29) is 0 Å². The molecule has 1 aromatic rings. The SMILES string of the molecule is CC1CC(Br)CN(Cc2csnn2)C1. The van der Waals surface area contributed by atoms with Crippen molar-refractivity contribution in [1.29, 1.82) is 0 Å². The minimum absolute atomic E-state index is 0.637. The minimum Gasteiger partial charge on any atom is -0.296 e. The van der Waals surface area contributed by atoms with E-state index in [4.69, 9.17) is 0 Å². The normalized spacial score (nSPS) is 29.3. The third-order valence-electron chi connectivity index (χ3n) is 2.48. The highest BCUT2D eigenvalue weighted by Crippen LogP contribution is 2.22. The van der Waals surface area contributed by atoms with Crippen LogP contribution >= 0.6 is 27.5 Å². The summed E-state index contributed by atoms with van der Waals surface area (Å²) >= 11 is 5.13. The van der Waals surface area contributed by atoms with Gasteiger partial charge in [-0.05, 0) is 23.9 Å². The highest BCUT2D eigenvalue weighted by Gasteiger charge is 2.23. The lowest BCUT2D eigenvalue weighted by Gasteiger charge is -2.33. The Balaban J connectivity index is 1.91. The molecule has 0 amide bonds. The Morgan fingerprint density at radius 1 is 1.64 bits per heavy atom. The summed E-state index contributed by atoms with van der Waals surface area (Å²) in [7, 11) is 0. The summed E-state index contributed by atoms with van der Waals surface area (Å²) < 4.78 is 3.88. The van der Waals surface area contributed by atoms with Gasteiger partial charge in [0.1, 0.15) is 0 Å². The van der Waals surface area contributed by atoms with Crippen LogP contribution in [0, 0.1) is 5.92 Å². The summed E-state index contributed by atoms with van der Waals surface area (Å²) in [5, 5.41) is 6.10. The first-order valence-corrected chi connectivity index (χ1v) is 6.61. The number of hydrogen-bond acceptors (Lipinski definition) is 4. The standard InChI is InChI=1S/C9H14BrN3S/c1-7-2-8(10)4-13(3-7)5-9-6-14-12-11-9/h6-8H,2-5H2,1H3. The van der Waals surface area contributed by atoms with Gasteiger partial charge in [-0.3, -0.25) is 4.90 Å². The topological polar surface area (TPSA) is 29.0 Å². The molecule has 1 aromatic heterocycles. The van der Waals surface area contributed by atoms with E-state index < -0.39 is 0 Å². The fraction of sp³-hybridized carbons (Fsp3) is 0.778. The van der Waals surface area contributed by atoms with Crippen molar-refractivity contribution in [1.82, 2.24) is 14.5 Å². The van der Waals surface area contributed by atoms with Crippen LogP contribution in [0.1, 0.15) is 19.0 Å². The van der Waals surface area contributed by atoms with E-state index in [0.717, 1.165) is 24.7 Å². The molecule has 1 fully saturated rings. The fourth-order valence-corrected chi connectivity index (χ4v) is 3.48. The maximum atomic E-state index is 4.07. The zero-order chi connectivity index (χ0) is 9.97. The van der Waals surface area contributed by atoms with E-state index in [1.807, 2.05) is 5.38 Å². The van der Waals surface area contributed by atoms with Gasteiger partial charge in [-0.25, -0.2) is 0 Å². The zero-order valence-electron chi connectivity index (χ0n) is 8.19. The first kappa shape index (κ1) is 10.5. The fourth-order valence-electron chi connectivity index (χ4n) is 1.99. The number of piperidine rings is 1. The van der Waals surface area contributed by atoms with Gasteiger partial charge in [0.25, 0.3) is 0 Å². The molecular weight excluding hydrogens is 262 g/mol. The van der Waals surface area contributed by atoms with Crippen LogP contribution < -0.4 is 0 Å². The van der Waals surface area contributed by atoms with Crippen molar-refractivity contribution in [2.24, 2.45) is 5.92 Å². The highest BCUT2D eigenvalue weighted by atomic mass is 79.9. The Bertz CT molecular complexity index is 268. The van der Waals surface area contributed by atoms with Crippen molar-refractivity contribution < 1.29 is 0 Å². The summed E-state index contributed by atoms with van der Waals surface area (Å²) in [5.74, 6) is 0.778. The van der Waals surface area contributed by atoms with Gasteiger partial charge in [0.15, 0.2) is 0 Å². The van der Waals surface area contributed by atoms with Crippen molar-refractivity contribution in [3.63, 3.8) is 0 Å². The van der Waals surface area contributed by atoms with Crippen LogP contribution in [0.5, 0.6) is 0 Å².